The predicted molar refractivity (Wildman–Crippen MR) is 104 cm³/mol. The van der Waals surface area contributed by atoms with Gasteiger partial charge in [0.05, 0.1) is 18.7 Å². The van der Waals surface area contributed by atoms with E-state index in [0.717, 1.165) is 12.1 Å². The fraction of sp³-hybridized carbons (Fsp3) is 0.333. The molecule has 29 heavy (non-hydrogen) atoms. The molecule has 2 amide bonds. The monoisotopic (exact) mass is 408 g/mol. The molecule has 5 nitrogen and oxygen atoms in total. The molecule has 0 aromatic heterocycles. The molecule has 2 rings (SSSR count). The highest BCUT2D eigenvalue weighted by atomic mass is 19.4. The summed E-state index contributed by atoms with van der Waals surface area (Å²) in [7, 11) is 0. The number of hydrogen-bond donors (Lipinski definition) is 2. The average molecular weight is 408 g/mol. The summed E-state index contributed by atoms with van der Waals surface area (Å²) in [4.78, 5) is 24.1. The van der Waals surface area contributed by atoms with Crippen molar-refractivity contribution in [1.29, 1.82) is 0 Å². The van der Waals surface area contributed by atoms with Crippen LogP contribution in [0.5, 0.6) is 5.75 Å². The fourth-order valence-electron chi connectivity index (χ4n) is 2.62. The second-order valence-corrected chi connectivity index (χ2v) is 6.52. The molecule has 0 aliphatic heterocycles. The molecule has 0 aliphatic carbocycles. The van der Waals surface area contributed by atoms with Gasteiger partial charge in [-0.15, -0.1) is 0 Å². The van der Waals surface area contributed by atoms with E-state index in [1.165, 1.54) is 12.1 Å². The molecule has 0 spiro atoms. The third-order valence-corrected chi connectivity index (χ3v) is 4.14. The van der Waals surface area contributed by atoms with Crippen LogP contribution in [0.3, 0.4) is 0 Å². The van der Waals surface area contributed by atoms with Crippen molar-refractivity contribution in [2.24, 2.45) is 5.92 Å². The van der Waals surface area contributed by atoms with Gasteiger partial charge < -0.3 is 15.4 Å². The van der Waals surface area contributed by atoms with Gasteiger partial charge in [0.2, 0.25) is 11.8 Å². The van der Waals surface area contributed by atoms with Gasteiger partial charge in [-0.25, -0.2) is 0 Å². The summed E-state index contributed by atoms with van der Waals surface area (Å²) in [5.41, 5.74) is 0.453. The lowest BCUT2D eigenvalue weighted by Gasteiger charge is -2.13. The van der Waals surface area contributed by atoms with Crippen molar-refractivity contribution in [2.45, 2.75) is 26.4 Å². The van der Waals surface area contributed by atoms with E-state index < -0.39 is 17.7 Å². The maximum absolute atomic E-state index is 12.6. The second-order valence-electron chi connectivity index (χ2n) is 6.52. The Balaban J connectivity index is 1.79. The minimum Gasteiger partial charge on any atom is -0.494 e. The van der Waals surface area contributed by atoms with Gasteiger partial charge in [0.25, 0.3) is 0 Å². The highest BCUT2D eigenvalue weighted by Crippen LogP contribution is 2.29. The standard InChI is InChI=1S/C21H23F3N2O3/c1-3-29-18-10-8-17(9-11-18)26-19(27)13-25-20(28)14(2)12-15-4-6-16(7-5-15)21(22,23)24/h4-11,14H,3,12-13H2,1-2H3,(H,25,28)(H,26,27). The SMILES string of the molecule is CCOc1ccc(NC(=O)CNC(=O)C(C)Cc2ccc(C(F)(F)F)cc2)cc1. The summed E-state index contributed by atoms with van der Waals surface area (Å²) in [5.74, 6) is -0.545. The van der Waals surface area contributed by atoms with Gasteiger partial charge in [0.1, 0.15) is 5.75 Å². The molecular weight excluding hydrogens is 385 g/mol. The molecule has 0 fully saturated rings. The van der Waals surface area contributed by atoms with Crippen molar-refractivity contribution in [3.05, 3.63) is 59.7 Å². The molecule has 156 valence electrons. The lowest BCUT2D eigenvalue weighted by molar-refractivity contribution is -0.137. The Labute approximate surface area is 167 Å². The molecule has 0 heterocycles. The molecule has 0 saturated carbocycles. The Morgan fingerprint density at radius 1 is 1.03 bits per heavy atom. The van der Waals surface area contributed by atoms with Crippen molar-refractivity contribution in [3.8, 4) is 5.75 Å². The van der Waals surface area contributed by atoms with E-state index in [2.05, 4.69) is 10.6 Å². The largest absolute Gasteiger partial charge is 0.494 e. The van der Waals surface area contributed by atoms with Crippen LogP contribution < -0.4 is 15.4 Å². The zero-order valence-electron chi connectivity index (χ0n) is 16.2. The van der Waals surface area contributed by atoms with Gasteiger partial charge in [-0.1, -0.05) is 19.1 Å². The number of rotatable bonds is 8. The van der Waals surface area contributed by atoms with Crippen molar-refractivity contribution in [2.75, 3.05) is 18.5 Å². The van der Waals surface area contributed by atoms with Crippen molar-refractivity contribution in [3.63, 3.8) is 0 Å². The van der Waals surface area contributed by atoms with Crippen LogP contribution in [0.4, 0.5) is 18.9 Å². The molecule has 0 aliphatic rings. The van der Waals surface area contributed by atoms with Crippen LogP contribution in [0.25, 0.3) is 0 Å². The van der Waals surface area contributed by atoms with Crippen LogP contribution >= 0.6 is 0 Å². The van der Waals surface area contributed by atoms with Crippen LogP contribution in [0, 0.1) is 5.92 Å². The number of carbonyl (C=O) groups is 2. The number of ether oxygens (including phenoxy) is 1. The predicted octanol–water partition coefficient (Wildman–Crippen LogP) is 4.04. The number of benzene rings is 2. The number of amides is 2. The Hall–Kier alpha value is -3.03. The van der Waals surface area contributed by atoms with E-state index >= 15 is 0 Å². The van der Waals surface area contributed by atoms with Crippen LogP contribution in [-0.2, 0) is 22.2 Å². The zero-order chi connectivity index (χ0) is 21.4. The molecule has 0 radical (unpaired) electrons. The zero-order valence-corrected chi connectivity index (χ0v) is 16.2. The highest BCUT2D eigenvalue weighted by molar-refractivity contribution is 5.94. The third kappa shape index (κ3) is 7.14. The smallest absolute Gasteiger partial charge is 0.416 e. The van der Waals surface area contributed by atoms with Crippen LogP contribution in [0.2, 0.25) is 0 Å². The van der Waals surface area contributed by atoms with Gasteiger partial charge in [-0.3, -0.25) is 9.59 Å². The van der Waals surface area contributed by atoms with Crippen molar-refractivity contribution < 1.29 is 27.5 Å². The molecule has 1 atom stereocenters. The number of nitrogens with one attached hydrogen (secondary N) is 2. The lowest BCUT2D eigenvalue weighted by Crippen LogP contribution is -2.36. The van der Waals surface area contributed by atoms with E-state index in [-0.39, 0.29) is 24.8 Å². The summed E-state index contributed by atoms with van der Waals surface area (Å²) in [6.45, 7) is 3.86. The lowest BCUT2D eigenvalue weighted by atomic mass is 9.99. The van der Waals surface area contributed by atoms with E-state index in [9.17, 15) is 22.8 Å². The maximum Gasteiger partial charge on any atom is 0.416 e. The molecule has 2 N–H and O–H groups in total. The Kier molecular flexibility index (Phi) is 7.64. The summed E-state index contributed by atoms with van der Waals surface area (Å²) in [5, 5.41) is 5.19. The summed E-state index contributed by atoms with van der Waals surface area (Å²) in [6, 6.07) is 11.5. The van der Waals surface area contributed by atoms with Crippen molar-refractivity contribution in [1.82, 2.24) is 5.32 Å². The van der Waals surface area contributed by atoms with Gasteiger partial charge in [-0.2, -0.15) is 13.2 Å². The Morgan fingerprint density at radius 2 is 1.66 bits per heavy atom. The number of halogens is 3. The maximum atomic E-state index is 12.6. The first-order valence-corrected chi connectivity index (χ1v) is 9.15. The molecule has 2 aromatic carbocycles. The van der Waals surface area contributed by atoms with Gasteiger partial charge in [-0.05, 0) is 55.3 Å². The fourth-order valence-corrected chi connectivity index (χ4v) is 2.62. The first-order chi connectivity index (χ1) is 13.7. The summed E-state index contributed by atoms with van der Waals surface area (Å²) < 4.78 is 43.1. The average Bonchev–Trinajstić information content (AvgIpc) is 2.67. The quantitative estimate of drug-likeness (QED) is 0.693. The molecule has 0 bridgehead atoms. The van der Waals surface area contributed by atoms with E-state index in [4.69, 9.17) is 4.74 Å². The summed E-state index contributed by atoms with van der Waals surface area (Å²) >= 11 is 0. The Morgan fingerprint density at radius 3 is 2.21 bits per heavy atom. The number of carbonyl (C=O) groups excluding carboxylic acids is 2. The minimum atomic E-state index is -4.39. The molecular formula is C21H23F3N2O3. The molecule has 8 heteroatoms. The van der Waals surface area contributed by atoms with Gasteiger partial charge >= 0.3 is 6.18 Å². The normalized spacial score (nSPS) is 12.2. The number of alkyl halides is 3. The van der Waals surface area contributed by atoms with Crippen LogP contribution in [0.1, 0.15) is 25.0 Å². The van der Waals surface area contributed by atoms with Crippen LogP contribution in [0.15, 0.2) is 48.5 Å². The molecule has 1 unspecified atom stereocenters. The van der Waals surface area contributed by atoms with Gasteiger partial charge in [0.15, 0.2) is 0 Å². The Bertz CT molecular complexity index is 819. The van der Waals surface area contributed by atoms with E-state index in [1.54, 1.807) is 31.2 Å². The molecule has 2 aromatic rings. The third-order valence-electron chi connectivity index (χ3n) is 4.14. The first kappa shape index (κ1) is 22.3. The van der Waals surface area contributed by atoms with Crippen molar-refractivity contribution >= 4 is 17.5 Å². The van der Waals surface area contributed by atoms with E-state index in [1.807, 2.05) is 6.92 Å². The highest BCUT2D eigenvalue weighted by Gasteiger charge is 2.30. The van der Waals surface area contributed by atoms with Crippen LogP contribution in [-0.4, -0.2) is 25.0 Å². The second kappa shape index (κ2) is 9.95. The number of hydrogen-bond acceptors (Lipinski definition) is 3. The number of anilines is 1. The van der Waals surface area contributed by atoms with Gasteiger partial charge in [0, 0.05) is 11.6 Å². The molecule has 0 saturated heterocycles. The topological polar surface area (TPSA) is 67.4 Å². The summed E-state index contributed by atoms with van der Waals surface area (Å²) in [6.07, 6.45) is -4.12. The first-order valence-electron chi connectivity index (χ1n) is 9.15. The minimum absolute atomic E-state index is 0.205. The van der Waals surface area contributed by atoms with E-state index in [0.29, 0.717) is 23.6 Å².